The molecule has 0 saturated carbocycles. The van der Waals surface area contributed by atoms with Crippen LogP contribution in [0.5, 0.6) is 0 Å². The predicted octanol–water partition coefficient (Wildman–Crippen LogP) is 0.312. The van der Waals surface area contributed by atoms with Gasteiger partial charge in [0, 0.05) is 79.4 Å². The number of rotatable bonds is 5. The van der Waals surface area contributed by atoms with E-state index in [1.807, 2.05) is 21.1 Å². The van der Waals surface area contributed by atoms with Crippen molar-refractivity contribution in [2.45, 2.75) is 12.8 Å². The fourth-order valence-electron chi connectivity index (χ4n) is 2.97. The molecule has 1 atom stereocenters. The lowest BCUT2D eigenvalue weighted by atomic mass is 10.1. The van der Waals surface area contributed by atoms with Crippen molar-refractivity contribution in [3.8, 4) is 0 Å². The summed E-state index contributed by atoms with van der Waals surface area (Å²) in [6.07, 6.45) is 1.74. The molecule has 7 nitrogen and oxygen atoms in total. The summed E-state index contributed by atoms with van der Waals surface area (Å²) in [5, 5.41) is 3.48. The lowest BCUT2D eigenvalue weighted by Crippen LogP contribution is -2.53. The Bertz CT molecular complexity index is 405. The van der Waals surface area contributed by atoms with Crippen LogP contribution in [0, 0.1) is 5.92 Å². The van der Waals surface area contributed by atoms with Crippen molar-refractivity contribution >= 4 is 35.8 Å². The molecule has 2 aliphatic rings. The second kappa shape index (κ2) is 11.1. The number of hydrogen-bond acceptors (Lipinski definition) is 4. The third kappa shape index (κ3) is 6.72. The minimum Gasteiger partial charge on any atom is -0.381 e. The first-order chi connectivity index (χ1) is 11.1. The van der Waals surface area contributed by atoms with Gasteiger partial charge in [-0.25, -0.2) is 0 Å². The number of halogens is 1. The molecule has 2 aliphatic heterocycles. The zero-order chi connectivity index (χ0) is 16.7. The van der Waals surface area contributed by atoms with E-state index in [0.29, 0.717) is 12.3 Å². The number of amides is 1. The van der Waals surface area contributed by atoms with Crippen molar-refractivity contribution in [1.82, 2.24) is 20.0 Å². The zero-order valence-electron chi connectivity index (χ0n) is 15.2. The van der Waals surface area contributed by atoms with Crippen LogP contribution in [0.3, 0.4) is 0 Å². The summed E-state index contributed by atoms with van der Waals surface area (Å²) in [5.41, 5.74) is 0. The molecule has 0 radical (unpaired) electrons. The lowest BCUT2D eigenvalue weighted by molar-refractivity contribution is -0.129. The molecule has 24 heavy (non-hydrogen) atoms. The van der Waals surface area contributed by atoms with Gasteiger partial charge in [0.1, 0.15) is 0 Å². The minimum atomic E-state index is 0. The maximum atomic E-state index is 11.7. The Kier molecular flexibility index (Phi) is 9.91. The van der Waals surface area contributed by atoms with Gasteiger partial charge in [0.2, 0.25) is 5.91 Å². The van der Waals surface area contributed by atoms with Crippen LogP contribution in [0.15, 0.2) is 4.99 Å². The summed E-state index contributed by atoms with van der Waals surface area (Å²) in [5.74, 6) is 1.79. The van der Waals surface area contributed by atoms with Crippen LogP contribution in [0.1, 0.15) is 12.8 Å². The van der Waals surface area contributed by atoms with E-state index in [1.165, 1.54) is 0 Å². The van der Waals surface area contributed by atoms with E-state index in [2.05, 4.69) is 20.1 Å². The van der Waals surface area contributed by atoms with Crippen molar-refractivity contribution in [3.63, 3.8) is 0 Å². The Morgan fingerprint density at radius 2 is 2.00 bits per heavy atom. The highest BCUT2D eigenvalue weighted by atomic mass is 127. The van der Waals surface area contributed by atoms with Crippen molar-refractivity contribution in [2.24, 2.45) is 10.9 Å². The molecule has 1 amide bonds. The van der Waals surface area contributed by atoms with E-state index in [1.54, 1.807) is 4.90 Å². The van der Waals surface area contributed by atoms with Gasteiger partial charge in [-0.05, 0) is 6.42 Å². The largest absolute Gasteiger partial charge is 0.381 e. The fourth-order valence-corrected chi connectivity index (χ4v) is 2.97. The second-order valence-electron chi connectivity index (χ2n) is 6.52. The number of piperazine rings is 1. The van der Waals surface area contributed by atoms with Crippen LogP contribution in [0.2, 0.25) is 0 Å². The summed E-state index contributed by atoms with van der Waals surface area (Å²) in [6, 6.07) is 0. The average Bonchev–Trinajstić information content (AvgIpc) is 3.07. The Hall–Kier alpha value is -0.610. The third-order valence-corrected chi connectivity index (χ3v) is 4.60. The molecule has 2 fully saturated rings. The monoisotopic (exact) mass is 453 g/mol. The summed E-state index contributed by atoms with van der Waals surface area (Å²) in [7, 11) is 5.46. The molecule has 0 aliphatic carbocycles. The number of nitrogens with one attached hydrogen (secondary N) is 1. The second-order valence-corrected chi connectivity index (χ2v) is 6.52. The first-order valence-corrected chi connectivity index (χ1v) is 8.56. The highest BCUT2D eigenvalue weighted by Gasteiger charge is 2.21. The van der Waals surface area contributed by atoms with Gasteiger partial charge in [-0.1, -0.05) is 0 Å². The van der Waals surface area contributed by atoms with Crippen molar-refractivity contribution in [2.75, 3.05) is 73.6 Å². The third-order valence-electron chi connectivity index (χ3n) is 4.60. The molecule has 2 saturated heterocycles. The van der Waals surface area contributed by atoms with Crippen molar-refractivity contribution < 1.29 is 9.53 Å². The summed E-state index contributed by atoms with van der Waals surface area (Å²) < 4.78 is 5.41. The summed E-state index contributed by atoms with van der Waals surface area (Å²) >= 11 is 0. The molecule has 0 aromatic heterocycles. The molecule has 0 aromatic carbocycles. The lowest BCUT2D eigenvalue weighted by Gasteiger charge is -2.36. The van der Waals surface area contributed by atoms with Crippen LogP contribution in [0.25, 0.3) is 0 Å². The van der Waals surface area contributed by atoms with Crippen LogP contribution in [-0.2, 0) is 9.53 Å². The molecule has 8 heteroatoms. The highest BCUT2D eigenvalue weighted by Crippen LogP contribution is 2.11. The highest BCUT2D eigenvalue weighted by molar-refractivity contribution is 14.0. The quantitative estimate of drug-likeness (QED) is 0.369. The maximum Gasteiger partial charge on any atom is 0.223 e. The first-order valence-electron chi connectivity index (χ1n) is 8.56. The van der Waals surface area contributed by atoms with Crippen molar-refractivity contribution in [1.29, 1.82) is 0 Å². The van der Waals surface area contributed by atoms with E-state index in [4.69, 9.17) is 4.74 Å². The van der Waals surface area contributed by atoms with E-state index in [-0.39, 0.29) is 29.9 Å². The maximum absolute atomic E-state index is 11.7. The van der Waals surface area contributed by atoms with E-state index >= 15 is 0 Å². The van der Waals surface area contributed by atoms with Crippen LogP contribution >= 0.6 is 24.0 Å². The van der Waals surface area contributed by atoms with Gasteiger partial charge in [-0.2, -0.15) is 0 Å². The van der Waals surface area contributed by atoms with Gasteiger partial charge in [-0.3, -0.25) is 14.7 Å². The van der Waals surface area contributed by atoms with Crippen LogP contribution < -0.4 is 5.32 Å². The number of nitrogens with zero attached hydrogens (tertiary/aromatic N) is 4. The van der Waals surface area contributed by atoms with Gasteiger partial charge in [0.15, 0.2) is 5.96 Å². The van der Waals surface area contributed by atoms with Crippen LogP contribution in [0.4, 0.5) is 0 Å². The van der Waals surface area contributed by atoms with E-state index in [0.717, 1.165) is 64.9 Å². The molecular formula is C16H32IN5O2. The Labute approximate surface area is 162 Å². The number of ether oxygens (including phenoxy) is 1. The zero-order valence-corrected chi connectivity index (χ0v) is 17.5. The molecular weight excluding hydrogens is 421 g/mol. The topological polar surface area (TPSA) is 60.4 Å². The number of hydrogen-bond donors (Lipinski definition) is 1. The number of aliphatic imine (C=N–C) groups is 1. The molecule has 2 rings (SSSR count). The Morgan fingerprint density at radius 1 is 1.29 bits per heavy atom. The van der Waals surface area contributed by atoms with E-state index < -0.39 is 0 Å². The summed E-state index contributed by atoms with van der Waals surface area (Å²) in [4.78, 5) is 22.4. The first kappa shape index (κ1) is 21.4. The normalized spacial score (nSPS) is 22.2. The molecule has 140 valence electrons. The molecule has 0 aromatic rings. The van der Waals surface area contributed by atoms with Crippen LogP contribution in [-0.4, -0.2) is 100 Å². The molecule has 1 N–H and O–H groups in total. The number of carbonyl (C=O) groups excluding carboxylic acids is 1. The van der Waals surface area contributed by atoms with Gasteiger partial charge < -0.3 is 19.9 Å². The fraction of sp³-hybridized carbons (Fsp3) is 0.875. The smallest absolute Gasteiger partial charge is 0.223 e. The number of guanidine groups is 1. The predicted molar refractivity (Wildman–Crippen MR) is 107 cm³/mol. The SMILES string of the molecule is CN=C(NCC1CCOC1)N1CCN(CCC(=O)N(C)C)CC1.I. The Morgan fingerprint density at radius 3 is 2.54 bits per heavy atom. The molecule has 1 unspecified atom stereocenters. The average molecular weight is 453 g/mol. The Balaban J connectivity index is 0.00000288. The van der Waals surface area contributed by atoms with E-state index in [9.17, 15) is 4.79 Å². The minimum absolute atomic E-state index is 0. The van der Waals surface area contributed by atoms with Gasteiger partial charge in [0.05, 0.1) is 6.61 Å². The molecule has 0 spiro atoms. The van der Waals surface area contributed by atoms with Gasteiger partial charge in [0.25, 0.3) is 0 Å². The van der Waals surface area contributed by atoms with Gasteiger partial charge >= 0.3 is 0 Å². The molecule has 0 bridgehead atoms. The summed E-state index contributed by atoms with van der Waals surface area (Å²) in [6.45, 7) is 7.39. The van der Waals surface area contributed by atoms with Crippen molar-refractivity contribution in [3.05, 3.63) is 0 Å². The standard InChI is InChI=1S/C16H31N5O2.HI/c1-17-16(18-12-14-5-11-23-13-14)21-9-7-20(8-10-21)6-4-15(22)19(2)3;/h14H,4-13H2,1-3H3,(H,17,18);1H. The number of carbonyl (C=O) groups is 1. The molecule has 2 heterocycles. The van der Waals surface area contributed by atoms with Gasteiger partial charge in [-0.15, -0.1) is 24.0 Å².